The van der Waals surface area contributed by atoms with Crippen LogP contribution in [0.15, 0.2) is 18.2 Å². The van der Waals surface area contributed by atoms with Crippen LogP contribution < -0.4 is 10.6 Å². The Balaban J connectivity index is 3.04. The Morgan fingerprint density at radius 1 is 1.50 bits per heavy atom. The molecule has 100 valence electrons. The van der Waals surface area contributed by atoms with E-state index in [4.69, 9.17) is 5.73 Å². The lowest BCUT2D eigenvalue weighted by molar-refractivity contribution is -0.384. The van der Waals surface area contributed by atoms with Gasteiger partial charge < -0.3 is 10.6 Å². The predicted molar refractivity (Wildman–Crippen MR) is 78.4 cm³/mol. The number of thioether (sulfide) groups is 1. The molecule has 1 rings (SSSR count). The first kappa shape index (κ1) is 14.6. The molecule has 1 unspecified atom stereocenters. The SMILES string of the molecule is CCC(CSC)N(C)c1cc(N)cc([N+](=O)[O-])c1. The molecule has 0 amide bonds. The fourth-order valence-corrected chi connectivity index (χ4v) is 2.68. The molecule has 1 atom stereocenters. The highest BCUT2D eigenvalue weighted by Crippen LogP contribution is 2.27. The third-order valence-corrected chi connectivity index (χ3v) is 3.64. The van der Waals surface area contributed by atoms with Crippen LogP contribution in [0, 0.1) is 10.1 Å². The summed E-state index contributed by atoms with van der Waals surface area (Å²) >= 11 is 1.77. The van der Waals surface area contributed by atoms with E-state index in [9.17, 15) is 10.1 Å². The summed E-state index contributed by atoms with van der Waals surface area (Å²) in [5.74, 6) is 0.982. The number of hydrogen-bond acceptors (Lipinski definition) is 5. The maximum Gasteiger partial charge on any atom is 0.273 e. The monoisotopic (exact) mass is 269 g/mol. The Morgan fingerprint density at radius 3 is 2.67 bits per heavy atom. The van der Waals surface area contributed by atoms with Crippen LogP contribution in [-0.4, -0.2) is 30.0 Å². The fourth-order valence-electron chi connectivity index (χ4n) is 1.83. The van der Waals surface area contributed by atoms with Gasteiger partial charge in [0.1, 0.15) is 0 Å². The highest BCUT2D eigenvalue weighted by molar-refractivity contribution is 7.98. The van der Waals surface area contributed by atoms with Crippen molar-refractivity contribution >= 4 is 28.8 Å². The van der Waals surface area contributed by atoms with Gasteiger partial charge in [0.2, 0.25) is 0 Å². The van der Waals surface area contributed by atoms with Crippen molar-refractivity contribution < 1.29 is 4.92 Å². The smallest absolute Gasteiger partial charge is 0.273 e. The molecule has 0 bridgehead atoms. The molecule has 0 aliphatic rings. The molecular formula is C12H19N3O2S. The highest BCUT2D eigenvalue weighted by Gasteiger charge is 2.16. The summed E-state index contributed by atoms with van der Waals surface area (Å²) in [6, 6.07) is 5.07. The second kappa shape index (κ2) is 6.49. The van der Waals surface area contributed by atoms with Crippen molar-refractivity contribution in [2.24, 2.45) is 0 Å². The lowest BCUT2D eigenvalue weighted by Crippen LogP contribution is -2.33. The normalized spacial score (nSPS) is 12.2. The van der Waals surface area contributed by atoms with Crippen molar-refractivity contribution in [2.45, 2.75) is 19.4 Å². The summed E-state index contributed by atoms with van der Waals surface area (Å²) in [5, 5.41) is 10.8. The van der Waals surface area contributed by atoms with Crippen LogP contribution in [0.2, 0.25) is 0 Å². The molecule has 1 aromatic carbocycles. The van der Waals surface area contributed by atoms with Crippen molar-refractivity contribution in [3.05, 3.63) is 28.3 Å². The van der Waals surface area contributed by atoms with Gasteiger partial charge in [-0.25, -0.2) is 0 Å². The van der Waals surface area contributed by atoms with E-state index in [2.05, 4.69) is 18.1 Å². The van der Waals surface area contributed by atoms with Crippen molar-refractivity contribution in [1.29, 1.82) is 0 Å². The van der Waals surface area contributed by atoms with Gasteiger partial charge in [-0.2, -0.15) is 11.8 Å². The summed E-state index contributed by atoms with van der Waals surface area (Å²) < 4.78 is 0. The highest BCUT2D eigenvalue weighted by atomic mass is 32.2. The van der Waals surface area contributed by atoms with E-state index in [1.807, 2.05) is 7.05 Å². The molecule has 0 fully saturated rings. The maximum atomic E-state index is 10.8. The minimum absolute atomic E-state index is 0.0378. The van der Waals surface area contributed by atoms with Crippen LogP contribution in [0.5, 0.6) is 0 Å². The zero-order valence-corrected chi connectivity index (χ0v) is 11.7. The zero-order chi connectivity index (χ0) is 13.7. The molecule has 5 nitrogen and oxygen atoms in total. The first-order valence-electron chi connectivity index (χ1n) is 5.76. The molecule has 0 aliphatic carbocycles. The minimum Gasteiger partial charge on any atom is -0.398 e. The molecule has 18 heavy (non-hydrogen) atoms. The van der Waals surface area contributed by atoms with Crippen LogP contribution in [0.4, 0.5) is 17.1 Å². The van der Waals surface area contributed by atoms with Gasteiger partial charge in [-0.15, -0.1) is 0 Å². The molecule has 0 aliphatic heterocycles. The van der Waals surface area contributed by atoms with E-state index in [0.717, 1.165) is 17.9 Å². The molecule has 0 saturated carbocycles. The number of nitro benzene ring substituents is 1. The second-order valence-corrected chi connectivity index (χ2v) is 5.08. The quantitative estimate of drug-likeness (QED) is 0.488. The molecular weight excluding hydrogens is 250 g/mol. The lowest BCUT2D eigenvalue weighted by atomic mass is 10.1. The van der Waals surface area contributed by atoms with E-state index in [1.54, 1.807) is 23.9 Å². The van der Waals surface area contributed by atoms with Gasteiger partial charge in [-0.05, 0) is 18.7 Å². The van der Waals surface area contributed by atoms with Crippen molar-refractivity contribution in [2.75, 3.05) is 29.7 Å². The third kappa shape index (κ3) is 3.53. The number of benzene rings is 1. The number of non-ortho nitro benzene ring substituents is 1. The molecule has 0 saturated heterocycles. The first-order chi connectivity index (χ1) is 8.49. The lowest BCUT2D eigenvalue weighted by Gasteiger charge is -2.28. The standard InChI is InChI=1S/C12H19N3O2S/c1-4-10(8-18-3)14(2)11-5-9(13)6-12(7-11)15(16)17/h5-7,10H,4,8,13H2,1-3H3. The van der Waals surface area contributed by atoms with E-state index in [1.165, 1.54) is 6.07 Å². The van der Waals surface area contributed by atoms with Crippen molar-refractivity contribution in [3.63, 3.8) is 0 Å². The Kier molecular flexibility index (Phi) is 5.27. The third-order valence-electron chi connectivity index (χ3n) is 2.92. The Morgan fingerprint density at radius 2 is 2.17 bits per heavy atom. The van der Waals surface area contributed by atoms with Crippen LogP contribution in [0.25, 0.3) is 0 Å². The number of nitrogens with zero attached hydrogens (tertiary/aromatic N) is 2. The number of nitro groups is 1. The van der Waals surface area contributed by atoms with E-state index in [0.29, 0.717) is 11.7 Å². The molecule has 6 heteroatoms. The fraction of sp³-hybridized carbons (Fsp3) is 0.500. The maximum absolute atomic E-state index is 10.8. The zero-order valence-electron chi connectivity index (χ0n) is 10.9. The average molecular weight is 269 g/mol. The van der Waals surface area contributed by atoms with E-state index >= 15 is 0 Å². The van der Waals surface area contributed by atoms with Crippen molar-refractivity contribution in [3.8, 4) is 0 Å². The first-order valence-corrected chi connectivity index (χ1v) is 7.15. The second-order valence-electron chi connectivity index (χ2n) is 4.17. The molecule has 0 radical (unpaired) electrons. The number of rotatable bonds is 6. The molecule has 0 heterocycles. The van der Waals surface area contributed by atoms with Gasteiger partial charge in [-0.3, -0.25) is 10.1 Å². The Labute approximate surface area is 111 Å². The van der Waals surface area contributed by atoms with Gasteiger partial charge in [0.15, 0.2) is 0 Å². The summed E-state index contributed by atoms with van der Waals surface area (Å²) in [6.45, 7) is 2.11. The topological polar surface area (TPSA) is 72.4 Å². The van der Waals surface area contributed by atoms with Gasteiger partial charge in [0.05, 0.1) is 4.92 Å². The van der Waals surface area contributed by atoms with E-state index < -0.39 is 4.92 Å². The van der Waals surface area contributed by atoms with E-state index in [-0.39, 0.29) is 5.69 Å². The summed E-state index contributed by atoms with van der Waals surface area (Å²) in [4.78, 5) is 12.5. The van der Waals surface area contributed by atoms with Gasteiger partial charge >= 0.3 is 0 Å². The number of hydrogen-bond donors (Lipinski definition) is 1. The largest absolute Gasteiger partial charge is 0.398 e. The molecule has 0 aromatic heterocycles. The van der Waals surface area contributed by atoms with Gasteiger partial charge in [0, 0.05) is 42.3 Å². The summed E-state index contributed by atoms with van der Waals surface area (Å²) in [7, 11) is 1.95. The van der Waals surface area contributed by atoms with Crippen LogP contribution in [0.1, 0.15) is 13.3 Å². The van der Waals surface area contributed by atoms with Crippen LogP contribution in [0.3, 0.4) is 0 Å². The predicted octanol–water partition coefficient (Wildman–Crippen LogP) is 2.75. The number of nitrogens with two attached hydrogens (primary N) is 1. The number of anilines is 2. The van der Waals surface area contributed by atoms with Crippen LogP contribution >= 0.6 is 11.8 Å². The summed E-state index contributed by atoms with van der Waals surface area (Å²) in [5.41, 5.74) is 6.97. The Hall–Kier alpha value is -1.43. The average Bonchev–Trinajstić information content (AvgIpc) is 2.34. The minimum atomic E-state index is -0.413. The van der Waals surface area contributed by atoms with Crippen LogP contribution in [-0.2, 0) is 0 Å². The molecule has 2 N–H and O–H groups in total. The van der Waals surface area contributed by atoms with Gasteiger partial charge in [0.25, 0.3) is 5.69 Å². The Bertz CT molecular complexity index is 426. The molecule has 0 spiro atoms. The van der Waals surface area contributed by atoms with Crippen molar-refractivity contribution in [1.82, 2.24) is 0 Å². The summed E-state index contributed by atoms with van der Waals surface area (Å²) in [6.07, 6.45) is 3.04. The molecule has 1 aromatic rings. The number of nitrogen functional groups attached to an aromatic ring is 1. The van der Waals surface area contributed by atoms with Gasteiger partial charge in [-0.1, -0.05) is 6.92 Å².